The summed E-state index contributed by atoms with van der Waals surface area (Å²) in [5.74, 6) is 0.597. The van der Waals surface area contributed by atoms with Crippen LogP contribution in [0.5, 0.6) is 5.75 Å². The van der Waals surface area contributed by atoms with Crippen LogP contribution in [0.25, 0.3) is 0 Å². The van der Waals surface area contributed by atoms with Gasteiger partial charge in [0.15, 0.2) is 0 Å². The lowest BCUT2D eigenvalue weighted by atomic mass is 10.3. The van der Waals surface area contributed by atoms with E-state index in [2.05, 4.69) is 4.86 Å². The van der Waals surface area contributed by atoms with Gasteiger partial charge in [-0.3, -0.25) is 0 Å². The van der Waals surface area contributed by atoms with E-state index in [-0.39, 0.29) is 7.69 Å². The molecule has 52 valence electrons. The first kappa shape index (κ1) is 7.09. The Balaban J connectivity index is 2.43. The quantitative estimate of drug-likeness (QED) is 0.587. The Morgan fingerprint density at radius 3 is 2.50 bits per heavy atom. The van der Waals surface area contributed by atoms with Crippen molar-refractivity contribution in [2.45, 2.75) is 0 Å². The van der Waals surface area contributed by atoms with Crippen LogP contribution < -0.4 is 4.65 Å². The number of benzene rings is 1. The third kappa shape index (κ3) is 2.07. The van der Waals surface area contributed by atoms with Gasteiger partial charge < -0.3 is 4.65 Å². The molecular formula is C6H6BFO2. The normalized spacial score (nSPS) is 8.90. The third-order valence-corrected chi connectivity index (χ3v) is 1.01. The lowest BCUT2D eigenvalue weighted by Crippen LogP contribution is -2.01. The molecule has 0 bridgehead atoms. The van der Waals surface area contributed by atoms with Gasteiger partial charge >= 0.3 is 7.69 Å². The second-order valence-corrected chi connectivity index (χ2v) is 1.68. The Morgan fingerprint density at radius 2 is 1.90 bits per heavy atom. The summed E-state index contributed by atoms with van der Waals surface area (Å²) in [7, 11) is -0.357. The van der Waals surface area contributed by atoms with Gasteiger partial charge in [-0.15, -0.1) is 0 Å². The topological polar surface area (TPSA) is 18.5 Å². The smallest absolute Gasteiger partial charge is 0.537 e. The predicted molar refractivity (Wildman–Crippen MR) is 36.4 cm³/mol. The zero-order valence-corrected chi connectivity index (χ0v) is 5.29. The van der Waals surface area contributed by atoms with Gasteiger partial charge in [0, 0.05) is 0 Å². The van der Waals surface area contributed by atoms with E-state index >= 15 is 0 Å². The Bertz CT molecular complexity index is 180. The summed E-state index contributed by atoms with van der Waals surface area (Å²) in [6.07, 6.45) is 0. The van der Waals surface area contributed by atoms with Gasteiger partial charge in [-0.05, 0) is 12.1 Å². The maximum atomic E-state index is 11.1. The van der Waals surface area contributed by atoms with E-state index < -0.39 is 0 Å². The SMILES string of the molecule is FOBOc1ccccc1. The predicted octanol–water partition coefficient (Wildman–Crippen LogP) is 1.23. The molecule has 0 spiro atoms. The van der Waals surface area contributed by atoms with E-state index in [1.165, 1.54) is 0 Å². The van der Waals surface area contributed by atoms with E-state index in [1.807, 2.05) is 6.07 Å². The Kier molecular flexibility index (Phi) is 2.76. The van der Waals surface area contributed by atoms with Crippen molar-refractivity contribution in [1.82, 2.24) is 0 Å². The van der Waals surface area contributed by atoms with Gasteiger partial charge in [0.25, 0.3) is 0 Å². The van der Waals surface area contributed by atoms with Crippen molar-refractivity contribution in [3.8, 4) is 5.75 Å². The van der Waals surface area contributed by atoms with Crippen LogP contribution >= 0.6 is 0 Å². The molecular weight excluding hydrogens is 134 g/mol. The summed E-state index contributed by atoms with van der Waals surface area (Å²) in [5.41, 5.74) is 0. The molecule has 2 nitrogen and oxygen atoms in total. The molecule has 0 amide bonds. The fourth-order valence-electron chi connectivity index (χ4n) is 0.607. The van der Waals surface area contributed by atoms with Gasteiger partial charge in [0.1, 0.15) is 5.75 Å². The third-order valence-electron chi connectivity index (χ3n) is 1.01. The summed E-state index contributed by atoms with van der Waals surface area (Å²) in [4.78, 5) is 3.22. The Labute approximate surface area is 58.8 Å². The summed E-state index contributed by atoms with van der Waals surface area (Å²) < 4.78 is 15.8. The first-order valence-electron chi connectivity index (χ1n) is 2.85. The average Bonchev–Trinajstić information content (AvgIpc) is 2.03. The van der Waals surface area contributed by atoms with Gasteiger partial charge in [-0.25, -0.2) is 4.86 Å². The minimum Gasteiger partial charge on any atom is -0.537 e. The number of halogens is 1. The van der Waals surface area contributed by atoms with Crippen molar-refractivity contribution >= 4 is 7.69 Å². The van der Waals surface area contributed by atoms with Crippen LogP contribution in [-0.4, -0.2) is 7.69 Å². The lowest BCUT2D eigenvalue weighted by Gasteiger charge is -1.98. The minimum absolute atomic E-state index is 0.357. The van der Waals surface area contributed by atoms with E-state index in [9.17, 15) is 4.53 Å². The largest absolute Gasteiger partial charge is 0.544 e. The fourth-order valence-corrected chi connectivity index (χ4v) is 0.607. The maximum absolute atomic E-state index is 11.1. The molecule has 0 radical (unpaired) electrons. The van der Waals surface area contributed by atoms with Gasteiger partial charge in [0.05, 0.1) is 0 Å². The molecule has 0 heterocycles. The molecule has 0 N–H and O–H groups in total. The first-order valence-corrected chi connectivity index (χ1v) is 2.85. The van der Waals surface area contributed by atoms with Crippen molar-refractivity contribution in [2.75, 3.05) is 0 Å². The maximum Gasteiger partial charge on any atom is 0.544 e. The van der Waals surface area contributed by atoms with E-state index in [1.54, 1.807) is 24.3 Å². The van der Waals surface area contributed by atoms with E-state index in [0.717, 1.165) is 0 Å². The van der Waals surface area contributed by atoms with Gasteiger partial charge in [-0.2, -0.15) is 0 Å². The first-order chi connectivity index (χ1) is 4.93. The summed E-state index contributed by atoms with van der Waals surface area (Å²) in [6, 6.07) is 8.89. The molecule has 0 saturated carbocycles. The van der Waals surface area contributed by atoms with Crippen molar-refractivity contribution in [1.29, 1.82) is 0 Å². The minimum atomic E-state index is -0.357. The Morgan fingerprint density at radius 1 is 1.20 bits per heavy atom. The molecule has 0 unspecified atom stereocenters. The molecule has 0 atom stereocenters. The molecule has 0 aliphatic carbocycles. The standard InChI is InChI=1S/C6H6BFO2/c8-10-7-9-6-4-2-1-3-5-6/h1-5,7H. The highest BCUT2D eigenvalue weighted by atomic mass is 19.3. The molecule has 4 heteroatoms. The highest BCUT2D eigenvalue weighted by molar-refractivity contribution is 6.18. The number of hydrogen-bond donors (Lipinski definition) is 0. The van der Waals surface area contributed by atoms with Crippen LogP contribution in [0.1, 0.15) is 0 Å². The number of hydrogen-bond acceptors (Lipinski definition) is 2. The number of rotatable bonds is 3. The molecule has 10 heavy (non-hydrogen) atoms. The lowest BCUT2D eigenvalue weighted by molar-refractivity contribution is -0.0173. The van der Waals surface area contributed by atoms with E-state index in [4.69, 9.17) is 4.65 Å². The number of para-hydroxylation sites is 1. The molecule has 0 aromatic heterocycles. The zero-order valence-electron chi connectivity index (χ0n) is 5.29. The molecule has 0 fully saturated rings. The Hall–Kier alpha value is -1.03. The van der Waals surface area contributed by atoms with Crippen LogP contribution in [0.2, 0.25) is 0 Å². The monoisotopic (exact) mass is 140 g/mol. The van der Waals surface area contributed by atoms with Crippen LogP contribution in [0.15, 0.2) is 30.3 Å². The fraction of sp³-hybridized carbons (Fsp3) is 0. The van der Waals surface area contributed by atoms with Crippen LogP contribution in [0, 0.1) is 0 Å². The summed E-state index contributed by atoms with van der Waals surface area (Å²) in [6.45, 7) is 0. The zero-order chi connectivity index (χ0) is 7.23. The van der Waals surface area contributed by atoms with Crippen molar-refractivity contribution < 1.29 is 14.0 Å². The molecule has 1 aromatic rings. The van der Waals surface area contributed by atoms with Crippen molar-refractivity contribution in [3.63, 3.8) is 0 Å². The summed E-state index contributed by atoms with van der Waals surface area (Å²) in [5, 5.41) is 0. The van der Waals surface area contributed by atoms with Crippen molar-refractivity contribution in [3.05, 3.63) is 30.3 Å². The molecule has 1 rings (SSSR count). The molecule has 1 aromatic carbocycles. The van der Waals surface area contributed by atoms with Crippen LogP contribution in [-0.2, 0) is 4.86 Å². The summed E-state index contributed by atoms with van der Waals surface area (Å²) >= 11 is 0. The van der Waals surface area contributed by atoms with Crippen molar-refractivity contribution in [2.24, 2.45) is 0 Å². The second kappa shape index (κ2) is 3.90. The van der Waals surface area contributed by atoms with E-state index in [0.29, 0.717) is 5.75 Å². The molecule has 0 saturated heterocycles. The molecule has 0 aliphatic rings. The van der Waals surface area contributed by atoms with Crippen LogP contribution in [0.4, 0.5) is 4.53 Å². The van der Waals surface area contributed by atoms with Crippen LogP contribution in [0.3, 0.4) is 0 Å². The highest BCUT2D eigenvalue weighted by Gasteiger charge is 1.92. The van der Waals surface area contributed by atoms with Gasteiger partial charge in [0.2, 0.25) is 0 Å². The average molecular weight is 140 g/mol. The van der Waals surface area contributed by atoms with Gasteiger partial charge in [-0.1, -0.05) is 22.7 Å². The highest BCUT2D eigenvalue weighted by Crippen LogP contribution is 2.06. The molecule has 0 aliphatic heterocycles. The second-order valence-electron chi connectivity index (χ2n) is 1.68.